The summed E-state index contributed by atoms with van der Waals surface area (Å²) in [7, 11) is 0. The number of hydrazone groups is 1. The molecule has 0 unspecified atom stereocenters. The van der Waals surface area contributed by atoms with Crippen LogP contribution in [-0.2, 0) is 4.74 Å². The number of rotatable bonds is 3. The normalized spacial score (nSPS) is 17.0. The molecule has 2 aromatic heterocycles. The number of piperidine rings is 1. The minimum Gasteiger partial charge on any atom is -0.506 e. The van der Waals surface area contributed by atoms with Gasteiger partial charge in [-0.1, -0.05) is 0 Å². The van der Waals surface area contributed by atoms with Crippen molar-refractivity contribution in [3.05, 3.63) is 30.1 Å². The predicted octanol–water partition coefficient (Wildman–Crippen LogP) is 2.56. The Morgan fingerprint density at radius 3 is 2.66 bits per heavy atom. The molecule has 0 atom stereocenters. The first-order valence-electron chi connectivity index (χ1n) is 9.65. The maximum atomic E-state index is 12.2. The number of carbonyl (C=O) groups is 1. The fraction of sp³-hybridized carbons (Fsp3) is 0.500. The first-order chi connectivity index (χ1) is 13.7. The summed E-state index contributed by atoms with van der Waals surface area (Å²) in [6.45, 7) is 8.60. The molecular formula is C20H28N6O3. The van der Waals surface area contributed by atoms with E-state index in [0.717, 1.165) is 12.8 Å². The maximum Gasteiger partial charge on any atom is 0.410 e. The van der Waals surface area contributed by atoms with Crippen LogP contribution < -0.4 is 5.84 Å². The summed E-state index contributed by atoms with van der Waals surface area (Å²) in [5.41, 5.74) is 1.90. The molecule has 1 aliphatic rings. The minimum atomic E-state index is -0.504. The first-order valence-corrected chi connectivity index (χ1v) is 9.65. The van der Waals surface area contributed by atoms with Crippen LogP contribution in [0.2, 0.25) is 0 Å². The number of fused-ring (bicyclic) bond motifs is 1. The summed E-state index contributed by atoms with van der Waals surface area (Å²) in [5.74, 6) is 5.72. The van der Waals surface area contributed by atoms with Crippen LogP contribution in [0.15, 0.2) is 34.6 Å². The zero-order chi connectivity index (χ0) is 21.2. The molecule has 3 N–H and O–H groups in total. The van der Waals surface area contributed by atoms with Gasteiger partial charge in [-0.3, -0.25) is 4.99 Å². The van der Waals surface area contributed by atoms with Crippen LogP contribution in [-0.4, -0.2) is 61.9 Å². The monoisotopic (exact) mass is 400 g/mol. The first kappa shape index (κ1) is 20.6. The Kier molecular flexibility index (Phi) is 5.76. The number of aromatic nitrogens is 2. The van der Waals surface area contributed by atoms with E-state index < -0.39 is 5.60 Å². The fourth-order valence-corrected chi connectivity index (χ4v) is 3.36. The Balaban J connectivity index is 1.69. The predicted molar refractivity (Wildman–Crippen MR) is 112 cm³/mol. The van der Waals surface area contributed by atoms with Gasteiger partial charge < -0.3 is 20.6 Å². The molecule has 0 aliphatic carbocycles. The van der Waals surface area contributed by atoms with Gasteiger partial charge >= 0.3 is 6.09 Å². The van der Waals surface area contributed by atoms with Crippen LogP contribution in [0.4, 0.5) is 4.79 Å². The Bertz CT molecular complexity index is 949. The van der Waals surface area contributed by atoms with Crippen molar-refractivity contribution in [1.82, 2.24) is 14.5 Å². The van der Waals surface area contributed by atoms with E-state index in [9.17, 15) is 9.90 Å². The summed E-state index contributed by atoms with van der Waals surface area (Å²) in [6, 6.07) is 3.39. The zero-order valence-electron chi connectivity index (χ0n) is 17.3. The van der Waals surface area contributed by atoms with Crippen molar-refractivity contribution in [3.63, 3.8) is 0 Å². The number of nitrogens with two attached hydrogens (primary N) is 1. The lowest BCUT2D eigenvalue weighted by atomic mass is 10.0. The van der Waals surface area contributed by atoms with Crippen molar-refractivity contribution in [2.45, 2.75) is 52.2 Å². The van der Waals surface area contributed by atoms with Crippen molar-refractivity contribution < 1.29 is 14.6 Å². The molecule has 2 aromatic rings. The second-order valence-electron chi connectivity index (χ2n) is 8.17. The number of aliphatic imine (C=N–C) groups is 1. The van der Waals surface area contributed by atoms with Crippen LogP contribution >= 0.6 is 0 Å². The quantitative estimate of drug-likeness (QED) is 0.466. The Labute approximate surface area is 169 Å². The summed E-state index contributed by atoms with van der Waals surface area (Å²) < 4.78 is 7.00. The molecule has 1 fully saturated rings. The van der Waals surface area contributed by atoms with E-state index in [-0.39, 0.29) is 17.9 Å². The average molecular weight is 400 g/mol. The molecule has 0 aromatic carbocycles. The molecule has 1 aliphatic heterocycles. The third-order valence-electron chi connectivity index (χ3n) is 4.72. The van der Waals surface area contributed by atoms with Gasteiger partial charge in [0.05, 0.1) is 18.0 Å². The highest BCUT2D eigenvalue weighted by atomic mass is 16.6. The minimum absolute atomic E-state index is 0.0625. The van der Waals surface area contributed by atoms with E-state index in [1.165, 1.54) is 0 Å². The lowest BCUT2D eigenvalue weighted by molar-refractivity contribution is 0.0207. The SMILES string of the molecule is CC(=NC1CCN(C(=O)OC(C)(C)C)CC1)/C(=N\N)c1cc(O)c2ccnn2c1. The molecule has 3 rings (SSSR count). The molecular weight excluding hydrogens is 372 g/mol. The summed E-state index contributed by atoms with van der Waals surface area (Å²) in [6.07, 6.45) is 4.54. The van der Waals surface area contributed by atoms with E-state index in [1.54, 1.807) is 33.9 Å². The Morgan fingerprint density at radius 2 is 2.03 bits per heavy atom. The van der Waals surface area contributed by atoms with Crippen molar-refractivity contribution in [2.24, 2.45) is 15.9 Å². The molecule has 29 heavy (non-hydrogen) atoms. The zero-order valence-corrected chi connectivity index (χ0v) is 17.3. The van der Waals surface area contributed by atoms with Gasteiger partial charge in [0.15, 0.2) is 0 Å². The number of aromatic hydroxyl groups is 1. The molecule has 156 valence electrons. The molecule has 1 amide bonds. The van der Waals surface area contributed by atoms with Crippen LogP contribution in [0.3, 0.4) is 0 Å². The largest absolute Gasteiger partial charge is 0.506 e. The Hall–Kier alpha value is -3.10. The number of amides is 1. The third kappa shape index (κ3) is 4.85. The number of pyridine rings is 1. The average Bonchev–Trinajstić information content (AvgIpc) is 3.11. The van der Waals surface area contributed by atoms with Crippen LogP contribution in [0, 0.1) is 0 Å². The third-order valence-corrected chi connectivity index (χ3v) is 4.72. The molecule has 1 saturated heterocycles. The van der Waals surface area contributed by atoms with Gasteiger partial charge in [0, 0.05) is 24.8 Å². The number of hydrogen-bond donors (Lipinski definition) is 2. The molecule has 0 saturated carbocycles. The number of nitrogens with zero attached hydrogens (tertiary/aromatic N) is 5. The van der Waals surface area contributed by atoms with Crippen molar-refractivity contribution in [2.75, 3.05) is 13.1 Å². The maximum absolute atomic E-state index is 12.2. The molecule has 3 heterocycles. The van der Waals surface area contributed by atoms with Gasteiger partial charge in [-0.05, 0) is 52.7 Å². The van der Waals surface area contributed by atoms with E-state index in [1.807, 2.05) is 27.7 Å². The summed E-state index contributed by atoms with van der Waals surface area (Å²) in [5, 5.41) is 18.2. The van der Waals surface area contributed by atoms with Gasteiger partial charge in [-0.2, -0.15) is 10.2 Å². The van der Waals surface area contributed by atoms with Crippen molar-refractivity contribution in [3.8, 4) is 5.75 Å². The molecule has 0 bridgehead atoms. The second-order valence-corrected chi connectivity index (χ2v) is 8.17. The highest BCUT2D eigenvalue weighted by molar-refractivity contribution is 6.47. The Morgan fingerprint density at radius 1 is 1.34 bits per heavy atom. The number of carbonyl (C=O) groups excluding carboxylic acids is 1. The highest BCUT2D eigenvalue weighted by Gasteiger charge is 2.27. The summed E-state index contributed by atoms with van der Waals surface area (Å²) in [4.78, 5) is 18.7. The molecule has 9 nitrogen and oxygen atoms in total. The van der Waals surface area contributed by atoms with Gasteiger partial charge in [-0.15, -0.1) is 0 Å². The van der Waals surface area contributed by atoms with Crippen LogP contribution in [0.25, 0.3) is 5.52 Å². The summed E-state index contributed by atoms with van der Waals surface area (Å²) >= 11 is 0. The molecule has 0 spiro atoms. The number of hydrogen-bond acceptors (Lipinski definition) is 7. The smallest absolute Gasteiger partial charge is 0.410 e. The standard InChI is InChI=1S/C20H28N6O3/c1-13(18(24-21)14-11-17(27)16-5-8-22-26(16)12-14)23-15-6-9-25(10-7-15)19(28)29-20(2,3)4/h5,8,11-12,15,27H,6-7,9-10,21H2,1-4H3/b23-13?,24-18+. The van der Waals surface area contributed by atoms with Crippen molar-refractivity contribution in [1.29, 1.82) is 0 Å². The molecule has 9 heteroatoms. The molecule has 0 radical (unpaired) electrons. The van der Waals surface area contributed by atoms with Gasteiger partial charge in [0.25, 0.3) is 0 Å². The fourth-order valence-electron chi connectivity index (χ4n) is 3.36. The lowest BCUT2D eigenvalue weighted by Gasteiger charge is -2.32. The van der Waals surface area contributed by atoms with E-state index in [2.05, 4.69) is 10.2 Å². The second kappa shape index (κ2) is 8.10. The van der Waals surface area contributed by atoms with Gasteiger partial charge in [0.1, 0.15) is 22.6 Å². The van der Waals surface area contributed by atoms with Crippen molar-refractivity contribution >= 4 is 23.0 Å². The van der Waals surface area contributed by atoms with Crippen LogP contribution in [0.5, 0.6) is 5.75 Å². The topological polar surface area (TPSA) is 118 Å². The van der Waals surface area contributed by atoms with E-state index in [4.69, 9.17) is 15.6 Å². The van der Waals surface area contributed by atoms with Gasteiger partial charge in [-0.25, -0.2) is 9.31 Å². The number of ether oxygens (including phenoxy) is 1. The van der Waals surface area contributed by atoms with E-state index in [0.29, 0.717) is 35.6 Å². The number of likely N-dealkylation sites (tertiary alicyclic amines) is 1. The highest BCUT2D eigenvalue weighted by Crippen LogP contribution is 2.21. The van der Waals surface area contributed by atoms with Gasteiger partial charge in [0.2, 0.25) is 0 Å². The van der Waals surface area contributed by atoms with Crippen LogP contribution in [0.1, 0.15) is 46.1 Å². The van der Waals surface area contributed by atoms with E-state index >= 15 is 0 Å². The lowest BCUT2D eigenvalue weighted by Crippen LogP contribution is -2.42.